The monoisotopic (exact) mass is 441 g/mol. The quantitative estimate of drug-likeness (QED) is 0.755. The van der Waals surface area contributed by atoms with Gasteiger partial charge in [-0.05, 0) is 50.1 Å². The van der Waals surface area contributed by atoms with Crippen LogP contribution in [0.3, 0.4) is 0 Å². The summed E-state index contributed by atoms with van der Waals surface area (Å²) in [4.78, 5) is 10.3. The molecule has 0 radical (unpaired) electrons. The van der Waals surface area contributed by atoms with E-state index in [4.69, 9.17) is 9.52 Å². The van der Waals surface area contributed by atoms with Gasteiger partial charge in [-0.25, -0.2) is 17.6 Å². The normalized spacial score (nSPS) is 11.4. The van der Waals surface area contributed by atoms with Gasteiger partial charge in [0.05, 0.1) is 10.2 Å². The fourth-order valence-electron chi connectivity index (χ4n) is 1.41. The first-order valence-electron chi connectivity index (χ1n) is 5.21. The lowest BCUT2D eigenvalue weighted by atomic mass is 10.3. The molecule has 0 bridgehead atoms. The average Bonchev–Trinajstić information content (AvgIpc) is 2.77. The van der Waals surface area contributed by atoms with Gasteiger partial charge in [0.25, 0.3) is 10.0 Å². The summed E-state index contributed by atoms with van der Waals surface area (Å²) in [5.74, 6) is -2.59. The van der Waals surface area contributed by atoms with Crippen LogP contribution in [-0.4, -0.2) is 19.5 Å². The maximum atomic E-state index is 13.4. The van der Waals surface area contributed by atoms with Crippen molar-refractivity contribution in [3.8, 4) is 0 Å². The summed E-state index contributed by atoms with van der Waals surface area (Å²) in [6.07, 6.45) is 0. The maximum Gasteiger partial charge on any atom is 0.371 e. The highest BCUT2D eigenvalue weighted by Crippen LogP contribution is 2.28. The van der Waals surface area contributed by atoms with Crippen LogP contribution in [0.15, 0.2) is 42.7 Å². The standard InChI is InChI=1S/C11H6Br2FNO5S/c12-6-2-1-5(3-7(6)14)15-21(18,19)9-4-8(11(16)17)20-10(9)13/h1-4,15H,(H,16,17). The molecule has 2 N–H and O–H groups in total. The van der Waals surface area contributed by atoms with Crippen molar-refractivity contribution in [1.29, 1.82) is 0 Å². The highest BCUT2D eigenvalue weighted by molar-refractivity contribution is 9.10. The predicted octanol–water partition coefficient (Wildman–Crippen LogP) is 3.44. The minimum Gasteiger partial charge on any atom is -0.475 e. The second-order valence-electron chi connectivity index (χ2n) is 3.79. The van der Waals surface area contributed by atoms with Crippen molar-refractivity contribution in [2.45, 2.75) is 4.90 Å². The smallest absolute Gasteiger partial charge is 0.371 e. The van der Waals surface area contributed by atoms with Crippen LogP contribution in [0, 0.1) is 5.82 Å². The number of sulfonamides is 1. The number of carboxylic acid groups (broad SMARTS) is 1. The molecule has 1 heterocycles. The molecule has 112 valence electrons. The number of hydrogen-bond acceptors (Lipinski definition) is 4. The first-order valence-corrected chi connectivity index (χ1v) is 8.28. The predicted molar refractivity (Wildman–Crippen MR) is 78.3 cm³/mol. The Morgan fingerprint density at radius 3 is 2.48 bits per heavy atom. The molecule has 0 amide bonds. The second kappa shape index (κ2) is 5.78. The topological polar surface area (TPSA) is 96.6 Å². The molecule has 0 atom stereocenters. The summed E-state index contributed by atoms with van der Waals surface area (Å²) in [6, 6.07) is 4.51. The molecule has 0 spiro atoms. The summed E-state index contributed by atoms with van der Waals surface area (Å²) in [7, 11) is -4.12. The van der Waals surface area contributed by atoms with E-state index in [0.29, 0.717) is 0 Å². The van der Waals surface area contributed by atoms with Crippen molar-refractivity contribution in [2.75, 3.05) is 4.72 Å². The van der Waals surface area contributed by atoms with Crippen LogP contribution in [0.4, 0.5) is 10.1 Å². The molecule has 0 saturated heterocycles. The van der Waals surface area contributed by atoms with Crippen molar-refractivity contribution in [3.05, 3.63) is 45.0 Å². The van der Waals surface area contributed by atoms with E-state index in [0.717, 1.165) is 12.1 Å². The number of carbonyl (C=O) groups is 1. The Morgan fingerprint density at radius 2 is 1.95 bits per heavy atom. The number of nitrogens with one attached hydrogen (secondary N) is 1. The number of hydrogen-bond donors (Lipinski definition) is 2. The molecule has 0 saturated carbocycles. The number of rotatable bonds is 4. The molecule has 10 heteroatoms. The molecule has 6 nitrogen and oxygen atoms in total. The van der Waals surface area contributed by atoms with Crippen molar-refractivity contribution < 1.29 is 27.1 Å². The van der Waals surface area contributed by atoms with Gasteiger partial charge in [0.2, 0.25) is 5.76 Å². The van der Waals surface area contributed by atoms with E-state index in [1.54, 1.807) is 0 Å². The molecule has 0 aliphatic heterocycles. The first kappa shape index (κ1) is 16.0. The average molecular weight is 443 g/mol. The lowest BCUT2D eigenvalue weighted by molar-refractivity contribution is 0.0661. The Hall–Kier alpha value is -1.39. The van der Waals surface area contributed by atoms with Crippen molar-refractivity contribution in [2.24, 2.45) is 0 Å². The Balaban J connectivity index is 2.38. The first-order chi connectivity index (χ1) is 9.70. The van der Waals surface area contributed by atoms with Gasteiger partial charge in [-0.2, -0.15) is 0 Å². The molecule has 0 aliphatic carbocycles. The molecular formula is C11H6Br2FNO5S. The van der Waals surface area contributed by atoms with E-state index in [1.807, 2.05) is 0 Å². The zero-order valence-electron chi connectivity index (χ0n) is 9.93. The highest BCUT2D eigenvalue weighted by atomic mass is 79.9. The summed E-state index contributed by atoms with van der Waals surface area (Å²) in [5, 5.41) is 8.76. The van der Waals surface area contributed by atoms with Crippen LogP contribution in [0.1, 0.15) is 10.6 Å². The van der Waals surface area contributed by atoms with Crippen LogP contribution in [0.2, 0.25) is 0 Å². The number of anilines is 1. The number of benzene rings is 1. The van der Waals surface area contributed by atoms with Crippen LogP contribution < -0.4 is 4.72 Å². The Bertz CT molecular complexity index is 818. The molecule has 21 heavy (non-hydrogen) atoms. The zero-order chi connectivity index (χ0) is 15.8. The van der Waals surface area contributed by atoms with Crippen molar-refractivity contribution in [1.82, 2.24) is 0 Å². The van der Waals surface area contributed by atoms with Gasteiger partial charge in [-0.3, -0.25) is 4.72 Å². The lowest BCUT2D eigenvalue weighted by Gasteiger charge is -2.07. The highest BCUT2D eigenvalue weighted by Gasteiger charge is 2.25. The molecule has 2 rings (SSSR count). The molecule has 2 aromatic rings. The Labute approximate surface area is 135 Å². The fraction of sp³-hybridized carbons (Fsp3) is 0. The number of halogens is 3. The minimum atomic E-state index is -4.12. The summed E-state index contributed by atoms with van der Waals surface area (Å²) < 4.78 is 44.4. The minimum absolute atomic E-state index is 0.0133. The van der Waals surface area contributed by atoms with E-state index in [1.165, 1.54) is 12.1 Å². The molecular weight excluding hydrogens is 437 g/mol. The van der Waals surface area contributed by atoms with Gasteiger partial charge < -0.3 is 9.52 Å². The van der Waals surface area contributed by atoms with Crippen LogP contribution in [0.5, 0.6) is 0 Å². The van der Waals surface area contributed by atoms with E-state index < -0.39 is 32.5 Å². The largest absolute Gasteiger partial charge is 0.475 e. The van der Waals surface area contributed by atoms with E-state index >= 15 is 0 Å². The molecule has 1 aromatic heterocycles. The van der Waals surface area contributed by atoms with Gasteiger partial charge in [0.1, 0.15) is 10.7 Å². The van der Waals surface area contributed by atoms with E-state index in [9.17, 15) is 17.6 Å². The summed E-state index contributed by atoms with van der Waals surface area (Å²) in [5.41, 5.74) is -0.0133. The third-order valence-electron chi connectivity index (χ3n) is 2.33. The lowest BCUT2D eigenvalue weighted by Crippen LogP contribution is -2.13. The van der Waals surface area contributed by atoms with Gasteiger partial charge in [0, 0.05) is 6.07 Å². The number of furan rings is 1. The van der Waals surface area contributed by atoms with Gasteiger partial charge in [0.15, 0.2) is 4.67 Å². The Kier molecular flexibility index (Phi) is 4.40. The Morgan fingerprint density at radius 1 is 1.29 bits per heavy atom. The number of carboxylic acids is 1. The van der Waals surface area contributed by atoms with Gasteiger partial charge >= 0.3 is 5.97 Å². The SMILES string of the molecule is O=C(O)c1cc(S(=O)(=O)Nc2ccc(Br)c(F)c2)c(Br)o1. The van der Waals surface area contributed by atoms with Crippen molar-refractivity contribution in [3.63, 3.8) is 0 Å². The van der Waals surface area contributed by atoms with E-state index in [-0.39, 0.29) is 14.8 Å². The fourth-order valence-corrected chi connectivity index (χ4v) is 3.65. The summed E-state index contributed by atoms with van der Waals surface area (Å²) >= 11 is 5.77. The third kappa shape index (κ3) is 3.44. The molecule has 1 aromatic carbocycles. The molecule has 0 fully saturated rings. The van der Waals surface area contributed by atoms with Gasteiger partial charge in [-0.15, -0.1) is 0 Å². The second-order valence-corrected chi connectivity index (χ2v) is 7.01. The number of aromatic carboxylic acids is 1. The van der Waals surface area contributed by atoms with E-state index in [2.05, 4.69) is 36.6 Å². The van der Waals surface area contributed by atoms with Gasteiger partial charge in [-0.1, -0.05) is 0 Å². The summed E-state index contributed by atoms with van der Waals surface area (Å²) in [6.45, 7) is 0. The molecule has 0 aliphatic rings. The maximum absolute atomic E-state index is 13.4. The van der Waals surface area contributed by atoms with Crippen molar-refractivity contribution >= 4 is 53.5 Å². The van der Waals surface area contributed by atoms with Crippen LogP contribution >= 0.6 is 31.9 Å². The zero-order valence-corrected chi connectivity index (χ0v) is 13.9. The van der Waals surface area contributed by atoms with Crippen LogP contribution in [0.25, 0.3) is 0 Å². The molecule has 0 unspecified atom stereocenters. The third-order valence-corrected chi connectivity index (χ3v) is 5.21. The van der Waals surface area contributed by atoms with Crippen LogP contribution in [-0.2, 0) is 10.0 Å².